The van der Waals surface area contributed by atoms with Crippen LogP contribution in [-0.4, -0.2) is 0 Å². The van der Waals surface area contributed by atoms with Crippen LogP contribution in [0.4, 0.5) is 0 Å². The van der Waals surface area contributed by atoms with Crippen molar-refractivity contribution in [1.82, 2.24) is 0 Å². The normalized spacial score (nSPS) is 12.4. The minimum absolute atomic E-state index is 0.396. The Bertz CT molecular complexity index is 2570. The summed E-state index contributed by atoms with van der Waals surface area (Å²) in [5, 5.41) is 8.95. The SMILES string of the molecule is [2H]c1ccc2cc(-c3cccc(-c4c5ccccc5c(-c5cccc6oc7c([2H])cccc7c56)c5ccccc45)c3)ccc2c1. The lowest BCUT2D eigenvalue weighted by Crippen LogP contribution is -1.91. The van der Waals surface area contributed by atoms with Gasteiger partial charge in [0.05, 0.1) is 2.74 Å². The van der Waals surface area contributed by atoms with E-state index in [0.717, 1.165) is 43.8 Å². The predicted octanol–water partition coefficient (Wildman–Crippen LogP) is 12.0. The lowest BCUT2D eigenvalue weighted by molar-refractivity contribution is 0.669. The number of hydrogen-bond donors (Lipinski definition) is 0. The van der Waals surface area contributed by atoms with E-state index in [1.165, 1.54) is 38.2 Å². The van der Waals surface area contributed by atoms with Crippen LogP contribution >= 0.6 is 0 Å². The third-order valence-electron chi connectivity index (χ3n) is 8.70. The van der Waals surface area contributed by atoms with Crippen molar-refractivity contribution in [3.8, 4) is 33.4 Å². The molecule has 0 aliphatic heterocycles. The van der Waals surface area contributed by atoms with Gasteiger partial charge in [-0.05, 0) is 89.9 Å². The van der Waals surface area contributed by atoms with Gasteiger partial charge in [0, 0.05) is 10.8 Å². The summed E-state index contributed by atoms with van der Waals surface area (Å²) in [4.78, 5) is 0. The molecule has 43 heavy (non-hydrogen) atoms. The molecule has 0 fully saturated rings. The fourth-order valence-electron chi connectivity index (χ4n) is 6.80. The topological polar surface area (TPSA) is 13.1 Å². The fraction of sp³-hybridized carbons (Fsp3) is 0. The van der Waals surface area contributed by atoms with Crippen molar-refractivity contribution in [1.29, 1.82) is 0 Å². The van der Waals surface area contributed by atoms with E-state index in [-0.39, 0.29) is 0 Å². The van der Waals surface area contributed by atoms with Crippen LogP contribution in [0, 0.1) is 0 Å². The second-order valence-corrected chi connectivity index (χ2v) is 11.1. The molecule has 0 aliphatic carbocycles. The number of benzene rings is 8. The highest BCUT2D eigenvalue weighted by Crippen LogP contribution is 2.47. The molecule has 0 amide bonds. The van der Waals surface area contributed by atoms with Crippen molar-refractivity contribution in [2.75, 3.05) is 0 Å². The quantitative estimate of drug-likeness (QED) is 0.200. The Morgan fingerprint density at radius 1 is 0.419 bits per heavy atom. The minimum atomic E-state index is 0.396. The van der Waals surface area contributed by atoms with Gasteiger partial charge < -0.3 is 4.42 Å². The van der Waals surface area contributed by atoms with Crippen LogP contribution in [0.3, 0.4) is 0 Å². The van der Waals surface area contributed by atoms with Crippen LogP contribution in [-0.2, 0) is 0 Å². The lowest BCUT2D eigenvalue weighted by Gasteiger charge is -2.18. The summed E-state index contributed by atoms with van der Waals surface area (Å²) >= 11 is 0. The third-order valence-corrected chi connectivity index (χ3v) is 8.70. The van der Waals surface area contributed by atoms with Crippen molar-refractivity contribution >= 4 is 54.3 Å². The standard InChI is InChI=1S/C42H26O/c1-2-12-28-25-30(24-23-27(28)11-1)29-13-9-14-31(26-29)40-32-15-3-5-17-34(32)41(35-18-6-4-16-33(35)40)37-20-10-22-39-42(37)36-19-7-8-21-38(36)43-39/h1-26H/i1D,21D. The zero-order chi connectivity index (χ0) is 30.1. The van der Waals surface area contributed by atoms with E-state index < -0.39 is 0 Å². The molecule has 200 valence electrons. The van der Waals surface area contributed by atoms with Crippen molar-refractivity contribution in [2.45, 2.75) is 0 Å². The molecule has 1 nitrogen and oxygen atoms in total. The Hall–Kier alpha value is -5.66. The van der Waals surface area contributed by atoms with Crippen LogP contribution in [0.2, 0.25) is 0 Å². The number of rotatable bonds is 3. The molecule has 0 spiro atoms. The summed E-state index contributed by atoms with van der Waals surface area (Å²) in [6, 6.07) is 51.4. The highest BCUT2D eigenvalue weighted by Gasteiger charge is 2.20. The van der Waals surface area contributed by atoms with Crippen LogP contribution in [0.1, 0.15) is 2.74 Å². The van der Waals surface area contributed by atoms with Gasteiger partial charge in [-0.1, -0.05) is 133 Å². The van der Waals surface area contributed by atoms with Crippen molar-refractivity contribution in [3.63, 3.8) is 0 Å². The van der Waals surface area contributed by atoms with Crippen molar-refractivity contribution in [3.05, 3.63) is 158 Å². The molecule has 0 atom stereocenters. The van der Waals surface area contributed by atoms with Crippen LogP contribution in [0.5, 0.6) is 0 Å². The maximum Gasteiger partial charge on any atom is 0.136 e. The van der Waals surface area contributed by atoms with E-state index in [1.807, 2.05) is 30.3 Å². The summed E-state index contributed by atoms with van der Waals surface area (Å²) in [7, 11) is 0. The first-order valence-corrected chi connectivity index (χ1v) is 14.6. The molecule has 0 N–H and O–H groups in total. The second-order valence-electron chi connectivity index (χ2n) is 11.1. The summed E-state index contributed by atoms with van der Waals surface area (Å²) in [5.74, 6) is 0. The summed E-state index contributed by atoms with van der Waals surface area (Å²) in [5.41, 5.74) is 8.38. The van der Waals surface area contributed by atoms with Gasteiger partial charge in [-0.15, -0.1) is 0 Å². The molecular formula is C42H26O. The maximum absolute atomic E-state index is 8.48. The Morgan fingerprint density at radius 3 is 1.91 bits per heavy atom. The zero-order valence-electron chi connectivity index (χ0n) is 25.3. The summed E-state index contributed by atoms with van der Waals surface area (Å²) in [6.07, 6.45) is 0. The van der Waals surface area contributed by atoms with E-state index in [4.69, 9.17) is 7.16 Å². The maximum atomic E-state index is 8.48. The Morgan fingerprint density at radius 2 is 1.09 bits per heavy atom. The molecule has 0 aliphatic rings. The van der Waals surface area contributed by atoms with E-state index in [0.29, 0.717) is 17.7 Å². The van der Waals surface area contributed by atoms with Crippen LogP contribution < -0.4 is 0 Å². The molecule has 1 heterocycles. The summed E-state index contributed by atoms with van der Waals surface area (Å²) < 4.78 is 22.7. The Balaban J connectivity index is 1.33. The first-order valence-electron chi connectivity index (χ1n) is 15.6. The van der Waals surface area contributed by atoms with Gasteiger partial charge in [0.15, 0.2) is 0 Å². The minimum Gasteiger partial charge on any atom is -0.456 e. The zero-order valence-corrected chi connectivity index (χ0v) is 23.3. The molecule has 0 bridgehead atoms. The average molecular weight is 549 g/mol. The number of fused-ring (bicyclic) bond motifs is 6. The third kappa shape index (κ3) is 3.72. The van der Waals surface area contributed by atoms with E-state index in [1.54, 1.807) is 6.07 Å². The molecule has 9 rings (SSSR count). The molecule has 0 unspecified atom stereocenters. The van der Waals surface area contributed by atoms with Crippen molar-refractivity contribution in [2.24, 2.45) is 0 Å². The summed E-state index contributed by atoms with van der Waals surface area (Å²) in [6.45, 7) is 0. The van der Waals surface area contributed by atoms with Gasteiger partial charge in [0.25, 0.3) is 0 Å². The van der Waals surface area contributed by atoms with Crippen molar-refractivity contribution < 1.29 is 7.16 Å². The van der Waals surface area contributed by atoms with Crippen LogP contribution in [0.25, 0.3) is 87.6 Å². The molecule has 9 aromatic rings. The van der Waals surface area contributed by atoms with Gasteiger partial charge in [-0.2, -0.15) is 0 Å². The van der Waals surface area contributed by atoms with Gasteiger partial charge in [-0.25, -0.2) is 0 Å². The molecule has 8 aromatic carbocycles. The lowest BCUT2D eigenvalue weighted by atomic mass is 9.84. The Kier molecular flexibility index (Phi) is 4.83. The first kappa shape index (κ1) is 22.0. The molecule has 0 saturated carbocycles. The molecule has 1 heteroatoms. The first-order chi connectivity index (χ1) is 22.1. The smallest absolute Gasteiger partial charge is 0.136 e. The Labute approximate surface area is 252 Å². The monoisotopic (exact) mass is 548 g/mol. The predicted molar refractivity (Wildman–Crippen MR) is 183 cm³/mol. The largest absolute Gasteiger partial charge is 0.456 e. The van der Waals surface area contributed by atoms with E-state index in [9.17, 15) is 0 Å². The number of para-hydroxylation sites is 1. The molecule has 1 aromatic heterocycles. The van der Waals surface area contributed by atoms with E-state index in [2.05, 4.69) is 109 Å². The van der Waals surface area contributed by atoms with E-state index >= 15 is 0 Å². The molecular weight excluding hydrogens is 520 g/mol. The van der Waals surface area contributed by atoms with Gasteiger partial charge >= 0.3 is 0 Å². The van der Waals surface area contributed by atoms with Crippen LogP contribution in [0.15, 0.2) is 162 Å². The fourth-order valence-corrected chi connectivity index (χ4v) is 6.80. The van der Waals surface area contributed by atoms with Gasteiger partial charge in [0.2, 0.25) is 0 Å². The number of hydrogen-bond acceptors (Lipinski definition) is 1. The van der Waals surface area contributed by atoms with Gasteiger partial charge in [-0.3, -0.25) is 0 Å². The molecule has 0 radical (unpaired) electrons. The highest BCUT2D eigenvalue weighted by atomic mass is 16.3. The highest BCUT2D eigenvalue weighted by molar-refractivity contribution is 6.25. The average Bonchev–Trinajstić information content (AvgIpc) is 3.47. The molecule has 0 saturated heterocycles. The second kappa shape index (κ2) is 9.44. The van der Waals surface area contributed by atoms with Gasteiger partial charge in [0.1, 0.15) is 11.2 Å². The number of furan rings is 1.